The van der Waals surface area contributed by atoms with Crippen molar-refractivity contribution in [3.05, 3.63) is 36.7 Å². The largest absolute Gasteiger partial charge is 0.397 e. The first-order valence-electron chi connectivity index (χ1n) is 6.67. The second kappa shape index (κ2) is 5.38. The first kappa shape index (κ1) is 13.9. The molecule has 0 aliphatic carbocycles. The summed E-state index contributed by atoms with van der Waals surface area (Å²) in [6, 6.07) is 7.62. The molecule has 0 radical (unpaired) electrons. The molecular weight excluding hydrogens is 290 g/mol. The summed E-state index contributed by atoms with van der Waals surface area (Å²) in [6.45, 7) is 2.10. The predicted molar refractivity (Wildman–Crippen MR) is 80.4 cm³/mol. The van der Waals surface area contributed by atoms with E-state index in [-0.39, 0.29) is 4.90 Å². The number of hydrogen-bond acceptors (Lipinski definition) is 5. The lowest BCUT2D eigenvalue weighted by molar-refractivity contribution is 0.385. The second-order valence-corrected chi connectivity index (χ2v) is 6.82. The maximum atomic E-state index is 12.4. The van der Waals surface area contributed by atoms with E-state index in [1.165, 1.54) is 16.7 Å². The number of para-hydroxylation sites is 2. The van der Waals surface area contributed by atoms with Crippen molar-refractivity contribution >= 4 is 21.4 Å². The van der Waals surface area contributed by atoms with Crippen LogP contribution in [-0.2, 0) is 10.0 Å². The maximum Gasteiger partial charge on any atom is 0.246 e. The standard InChI is InChI=1S/C13H17N5O2S/c14-12-3-1-2-4-13(12)17-5-7-18(8-6-17)21(19,20)11-9-15-16-10-11/h1-4,9-10H,5-8,14H2,(H,15,16). The van der Waals surface area contributed by atoms with Gasteiger partial charge in [0.25, 0.3) is 0 Å². The van der Waals surface area contributed by atoms with E-state index in [2.05, 4.69) is 15.1 Å². The Kier molecular flexibility index (Phi) is 3.56. The number of hydrogen-bond donors (Lipinski definition) is 2. The minimum Gasteiger partial charge on any atom is -0.397 e. The number of nitrogens with zero attached hydrogens (tertiary/aromatic N) is 3. The van der Waals surface area contributed by atoms with E-state index in [9.17, 15) is 8.42 Å². The first-order valence-corrected chi connectivity index (χ1v) is 8.11. The lowest BCUT2D eigenvalue weighted by atomic mass is 10.2. The summed E-state index contributed by atoms with van der Waals surface area (Å²) in [5, 5.41) is 6.23. The minimum absolute atomic E-state index is 0.204. The smallest absolute Gasteiger partial charge is 0.246 e. The number of piperazine rings is 1. The Morgan fingerprint density at radius 1 is 1.14 bits per heavy atom. The summed E-state index contributed by atoms with van der Waals surface area (Å²) in [5.74, 6) is 0. The fraction of sp³-hybridized carbons (Fsp3) is 0.308. The molecule has 1 aliphatic rings. The van der Waals surface area contributed by atoms with Gasteiger partial charge in [-0.2, -0.15) is 9.40 Å². The number of rotatable bonds is 3. The van der Waals surface area contributed by atoms with Crippen LogP contribution in [0, 0.1) is 0 Å². The van der Waals surface area contributed by atoms with Crippen LogP contribution >= 0.6 is 0 Å². The topological polar surface area (TPSA) is 95.3 Å². The highest BCUT2D eigenvalue weighted by Crippen LogP contribution is 2.25. The number of nitrogens with two attached hydrogens (primary N) is 1. The molecule has 0 unspecified atom stereocenters. The molecule has 1 aromatic heterocycles. The van der Waals surface area contributed by atoms with Crippen molar-refractivity contribution in [1.29, 1.82) is 0 Å². The van der Waals surface area contributed by atoms with Crippen LogP contribution in [0.2, 0.25) is 0 Å². The third-order valence-electron chi connectivity index (χ3n) is 3.63. The number of benzene rings is 1. The number of nitrogen functional groups attached to an aromatic ring is 1. The number of sulfonamides is 1. The average molecular weight is 307 g/mol. The van der Waals surface area contributed by atoms with Gasteiger partial charge in [0.15, 0.2) is 0 Å². The van der Waals surface area contributed by atoms with Crippen LogP contribution in [-0.4, -0.2) is 49.1 Å². The van der Waals surface area contributed by atoms with E-state index in [0.29, 0.717) is 31.9 Å². The van der Waals surface area contributed by atoms with E-state index in [1.807, 2.05) is 24.3 Å². The van der Waals surface area contributed by atoms with Crippen molar-refractivity contribution in [3.63, 3.8) is 0 Å². The molecule has 1 aromatic carbocycles. The van der Waals surface area contributed by atoms with Gasteiger partial charge in [0, 0.05) is 32.4 Å². The van der Waals surface area contributed by atoms with Gasteiger partial charge in [-0.1, -0.05) is 12.1 Å². The Balaban J connectivity index is 1.73. The van der Waals surface area contributed by atoms with E-state index < -0.39 is 10.0 Å². The molecule has 2 heterocycles. The molecule has 3 rings (SSSR count). The van der Waals surface area contributed by atoms with Crippen molar-refractivity contribution in [1.82, 2.24) is 14.5 Å². The van der Waals surface area contributed by atoms with Crippen molar-refractivity contribution in [2.45, 2.75) is 4.90 Å². The van der Waals surface area contributed by atoms with Crippen LogP contribution in [0.25, 0.3) is 0 Å². The van der Waals surface area contributed by atoms with Crippen LogP contribution in [0.3, 0.4) is 0 Å². The van der Waals surface area contributed by atoms with Gasteiger partial charge in [0.05, 0.1) is 17.6 Å². The Morgan fingerprint density at radius 2 is 1.86 bits per heavy atom. The number of anilines is 2. The van der Waals surface area contributed by atoms with E-state index in [0.717, 1.165) is 5.69 Å². The fourth-order valence-corrected chi connectivity index (χ4v) is 3.80. The summed E-state index contributed by atoms with van der Waals surface area (Å²) in [4.78, 5) is 2.31. The molecule has 0 saturated carbocycles. The molecule has 0 bridgehead atoms. The third kappa shape index (κ3) is 2.59. The molecule has 8 heteroatoms. The zero-order valence-corrected chi connectivity index (χ0v) is 12.3. The van der Waals surface area contributed by atoms with Gasteiger partial charge in [-0.15, -0.1) is 0 Å². The predicted octanol–water partition coefficient (Wildman–Crippen LogP) is 0.503. The van der Waals surface area contributed by atoms with Crippen molar-refractivity contribution in [2.24, 2.45) is 0 Å². The highest BCUT2D eigenvalue weighted by atomic mass is 32.2. The van der Waals surface area contributed by atoms with Gasteiger partial charge in [0.1, 0.15) is 4.90 Å². The number of aromatic nitrogens is 2. The summed E-state index contributed by atoms with van der Waals surface area (Å²) in [5.41, 5.74) is 7.63. The van der Waals surface area contributed by atoms with Gasteiger partial charge in [-0.3, -0.25) is 5.10 Å². The Labute approximate surface area is 123 Å². The zero-order chi connectivity index (χ0) is 14.9. The SMILES string of the molecule is Nc1ccccc1N1CCN(S(=O)(=O)c2cn[nH]c2)CC1. The van der Waals surface area contributed by atoms with Crippen molar-refractivity contribution < 1.29 is 8.42 Å². The Hall–Kier alpha value is -2.06. The monoisotopic (exact) mass is 307 g/mol. The average Bonchev–Trinajstić information content (AvgIpc) is 3.03. The molecule has 3 N–H and O–H groups in total. The van der Waals surface area contributed by atoms with Gasteiger partial charge in [-0.05, 0) is 12.1 Å². The minimum atomic E-state index is -3.45. The number of nitrogens with one attached hydrogen (secondary N) is 1. The highest BCUT2D eigenvalue weighted by molar-refractivity contribution is 7.89. The molecule has 21 heavy (non-hydrogen) atoms. The molecule has 1 aliphatic heterocycles. The van der Waals surface area contributed by atoms with Gasteiger partial charge in [-0.25, -0.2) is 8.42 Å². The number of H-pyrrole nitrogens is 1. The summed E-state index contributed by atoms with van der Waals surface area (Å²) in [7, 11) is -3.45. The lowest BCUT2D eigenvalue weighted by Gasteiger charge is -2.35. The van der Waals surface area contributed by atoms with Crippen LogP contribution in [0.15, 0.2) is 41.6 Å². The highest BCUT2D eigenvalue weighted by Gasteiger charge is 2.29. The summed E-state index contributed by atoms with van der Waals surface area (Å²) < 4.78 is 26.2. The Bertz CT molecular complexity index is 706. The first-order chi connectivity index (χ1) is 10.1. The molecule has 7 nitrogen and oxygen atoms in total. The van der Waals surface area contributed by atoms with Crippen LogP contribution in [0.4, 0.5) is 11.4 Å². The van der Waals surface area contributed by atoms with Gasteiger partial charge < -0.3 is 10.6 Å². The van der Waals surface area contributed by atoms with E-state index >= 15 is 0 Å². The molecule has 0 atom stereocenters. The second-order valence-electron chi connectivity index (χ2n) is 4.88. The molecule has 1 fully saturated rings. The van der Waals surface area contributed by atoms with Crippen molar-refractivity contribution in [2.75, 3.05) is 36.8 Å². The quantitative estimate of drug-likeness (QED) is 0.805. The molecular formula is C13H17N5O2S. The summed E-state index contributed by atoms with van der Waals surface area (Å²) >= 11 is 0. The van der Waals surface area contributed by atoms with Gasteiger partial charge >= 0.3 is 0 Å². The third-order valence-corrected chi connectivity index (χ3v) is 5.49. The van der Waals surface area contributed by atoms with Crippen LogP contribution in [0.5, 0.6) is 0 Å². The molecule has 0 spiro atoms. The summed E-state index contributed by atoms with van der Waals surface area (Å²) in [6.07, 6.45) is 2.73. The normalized spacial score (nSPS) is 17.0. The fourth-order valence-electron chi connectivity index (χ4n) is 2.47. The van der Waals surface area contributed by atoms with Crippen molar-refractivity contribution in [3.8, 4) is 0 Å². The van der Waals surface area contributed by atoms with E-state index in [1.54, 1.807) is 0 Å². The zero-order valence-electron chi connectivity index (χ0n) is 11.4. The number of aromatic amines is 1. The molecule has 1 saturated heterocycles. The maximum absolute atomic E-state index is 12.4. The van der Waals surface area contributed by atoms with Crippen LogP contribution in [0.1, 0.15) is 0 Å². The van der Waals surface area contributed by atoms with E-state index in [4.69, 9.17) is 5.73 Å². The molecule has 2 aromatic rings. The Morgan fingerprint density at radius 3 is 2.48 bits per heavy atom. The molecule has 0 amide bonds. The van der Waals surface area contributed by atoms with Gasteiger partial charge in [0.2, 0.25) is 10.0 Å². The lowest BCUT2D eigenvalue weighted by Crippen LogP contribution is -2.48. The van der Waals surface area contributed by atoms with Crippen LogP contribution < -0.4 is 10.6 Å². The molecule has 112 valence electrons.